The Morgan fingerprint density at radius 3 is 1.85 bits per heavy atom. The van der Waals surface area contributed by atoms with Crippen molar-refractivity contribution < 1.29 is 4.21 Å². The normalized spacial score (nSPS) is 14.8. The van der Waals surface area contributed by atoms with Gasteiger partial charge in [-0.05, 0) is 41.0 Å². The van der Waals surface area contributed by atoms with E-state index in [9.17, 15) is 4.21 Å². The van der Waals surface area contributed by atoms with Gasteiger partial charge in [-0.15, -0.1) is 0 Å². The van der Waals surface area contributed by atoms with Gasteiger partial charge in [0.15, 0.2) is 0 Å². The van der Waals surface area contributed by atoms with E-state index in [0.29, 0.717) is 0 Å². The third-order valence-corrected chi connectivity index (χ3v) is 12.0. The molecule has 0 aliphatic heterocycles. The van der Waals surface area contributed by atoms with Crippen molar-refractivity contribution in [2.75, 3.05) is 0 Å². The lowest BCUT2D eigenvalue weighted by molar-refractivity contribution is 0.615. The van der Waals surface area contributed by atoms with Gasteiger partial charge in [0, 0.05) is 5.67 Å². The molecule has 0 radical (unpaired) electrons. The Bertz CT molecular complexity index is 751. The van der Waals surface area contributed by atoms with E-state index in [-0.39, 0.29) is 10.4 Å². The van der Waals surface area contributed by atoms with Crippen LogP contribution in [0.1, 0.15) is 51.7 Å². The molecule has 0 heterocycles. The molecule has 27 heavy (non-hydrogen) atoms. The summed E-state index contributed by atoms with van der Waals surface area (Å²) < 4.78 is 16.3. The van der Waals surface area contributed by atoms with Crippen LogP contribution >= 0.6 is 0 Å². The van der Waals surface area contributed by atoms with Crippen LogP contribution in [0.25, 0.3) is 0 Å². The standard InChI is InChI=1S/C23H35NOSSi/c1-8-11-22(24-26(25)23(4,5)6)27(7,20-14-9-12-18(2)16-20)21-15-10-13-19(3)17-21/h9-10,12-17,22,24H,8,11H2,1-7H3/t22-,26-/m1/s1. The van der Waals surface area contributed by atoms with Gasteiger partial charge in [-0.25, -0.2) is 8.93 Å². The maximum absolute atomic E-state index is 13.0. The van der Waals surface area contributed by atoms with Crippen molar-refractivity contribution in [3.05, 3.63) is 59.7 Å². The summed E-state index contributed by atoms with van der Waals surface area (Å²) in [5.41, 5.74) is 2.78. The molecule has 2 aromatic carbocycles. The molecule has 0 amide bonds. The van der Waals surface area contributed by atoms with Crippen LogP contribution in [0.3, 0.4) is 0 Å². The highest BCUT2D eigenvalue weighted by atomic mass is 32.2. The summed E-state index contributed by atoms with van der Waals surface area (Å²) >= 11 is 0. The van der Waals surface area contributed by atoms with E-state index >= 15 is 0 Å². The van der Waals surface area contributed by atoms with Crippen molar-refractivity contribution in [3.63, 3.8) is 0 Å². The van der Waals surface area contributed by atoms with Crippen molar-refractivity contribution >= 4 is 29.4 Å². The van der Waals surface area contributed by atoms with Crippen LogP contribution in [0.2, 0.25) is 6.55 Å². The lowest BCUT2D eigenvalue weighted by atomic mass is 10.2. The summed E-state index contributed by atoms with van der Waals surface area (Å²) in [6, 6.07) is 17.8. The van der Waals surface area contributed by atoms with Crippen LogP contribution in [0, 0.1) is 13.8 Å². The van der Waals surface area contributed by atoms with Crippen LogP contribution in [-0.2, 0) is 11.0 Å². The first-order chi connectivity index (χ1) is 12.6. The fraction of sp³-hybridized carbons (Fsp3) is 0.478. The molecule has 0 fully saturated rings. The summed E-state index contributed by atoms with van der Waals surface area (Å²) in [4.78, 5) is 0. The molecule has 1 N–H and O–H groups in total. The first-order valence-corrected chi connectivity index (χ1v) is 13.6. The molecule has 0 unspecified atom stereocenters. The van der Waals surface area contributed by atoms with Gasteiger partial charge in [-0.2, -0.15) is 0 Å². The highest BCUT2D eigenvalue weighted by Gasteiger charge is 2.41. The molecule has 2 atom stereocenters. The van der Waals surface area contributed by atoms with E-state index < -0.39 is 19.1 Å². The second-order valence-electron chi connectivity index (χ2n) is 8.78. The summed E-state index contributed by atoms with van der Waals surface area (Å²) in [5, 5.41) is 2.81. The molecular weight excluding hydrogens is 366 g/mol. The first kappa shape index (κ1) is 22.1. The third kappa shape index (κ3) is 5.18. The maximum Gasteiger partial charge on any atom is 0.132 e. The Labute approximate surface area is 169 Å². The molecule has 0 aliphatic carbocycles. The highest BCUT2D eigenvalue weighted by molar-refractivity contribution is 7.84. The minimum Gasteiger partial charge on any atom is -0.242 e. The number of hydrogen-bond acceptors (Lipinski definition) is 1. The second kappa shape index (κ2) is 8.85. The Kier molecular flexibility index (Phi) is 7.23. The lowest BCUT2D eigenvalue weighted by Crippen LogP contribution is -2.69. The fourth-order valence-electron chi connectivity index (χ4n) is 3.57. The van der Waals surface area contributed by atoms with E-state index in [1.807, 2.05) is 20.8 Å². The van der Waals surface area contributed by atoms with Crippen LogP contribution in [-0.4, -0.2) is 22.7 Å². The number of rotatable bonds is 7. The topological polar surface area (TPSA) is 29.1 Å². The van der Waals surface area contributed by atoms with Crippen molar-refractivity contribution in [1.82, 2.24) is 4.72 Å². The average molecular weight is 402 g/mol. The quantitative estimate of drug-likeness (QED) is 0.690. The Hall–Kier alpha value is -1.23. The van der Waals surface area contributed by atoms with Gasteiger partial charge in [0.05, 0.1) is 15.7 Å². The fourth-order valence-corrected chi connectivity index (χ4v) is 9.50. The second-order valence-corrected chi connectivity index (χ2v) is 15.0. The zero-order chi connectivity index (χ0) is 20.2. The predicted octanol–water partition coefficient (Wildman–Crippen LogP) is 4.26. The van der Waals surface area contributed by atoms with Gasteiger partial charge < -0.3 is 0 Å². The van der Waals surface area contributed by atoms with E-state index in [1.165, 1.54) is 21.5 Å². The van der Waals surface area contributed by atoms with Gasteiger partial charge in [0.25, 0.3) is 0 Å². The summed E-state index contributed by atoms with van der Waals surface area (Å²) in [6.07, 6.45) is 2.09. The summed E-state index contributed by atoms with van der Waals surface area (Å²) in [7, 11) is -3.25. The molecule has 0 aliphatic rings. The first-order valence-electron chi connectivity index (χ1n) is 9.91. The smallest absolute Gasteiger partial charge is 0.132 e. The van der Waals surface area contributed by atoms with E-state index in [1.54, 1.807) is 0 Å². The molecular formula is C23H35NOSSi. The van der Waals surface area contributed by atoms with Crippen LogP contribution in [0.15, 0.2) is 48.5 Å². The molecule has 2 nitrogen and oxygen atoms in total. The molecule has 2 rings (SSSR count). The lowest BCUT2D eigenvalue weighted by Gasteiger charge is -2.39. The predicted molar refractivity (Wildman–Crippen MR) is 123 cm³/mol. The Morgan fingerprint density at radius 1 is 1.00 bits per heavy atom. The van der Waals surface area contributed by atoms with E-state index in [0.717, 1.165) is 12.8 Å². The molecule has 0 bridgehead atoms. The molecule has 0 spiro atoms. The van der Waals surface area contributed by atoms with Crippen LogP contribution in [0.4, 0.5) is 0 Å². The van der Waals surface area contributed by atoms with Gasteiger partial charge in [-0.3, -0.25) is 0 Å². The third-order valence-electron chi connectivity index (χ3n) is 5.32. The number of hydrogen-bond donors (Lipinski definition) is 1. The van der Waals surface area contributed by atoms with Crippen molar-refractivity contribution in [2.45, 2.75) is 71.3 Å². The Morgan fingerprint density at radius 2 is 1.48 bits per heavy atom. The molecule has 2 aromatic rings. The largest absolute Gasteiger partial charge is 0.242 e. The zero-order valence-electron chi connectivity index (χ0n) is 17.9. The van der Waals surface area contributed by atoms with Crippen molar-refractivity contribution in [3.8, 4) is 0 Å². The highest BCUT2D eigenvalue weighted by Crippen LogP contribution is 2.19. The summed E-state index contributed by atoms with van der Waals surface area (Å²) in [6.45, 7) is 15.1. The molecule has 0 saturated heterocycles. The van der Waals surface area contributed by atoms with Crippen LogP contribution in [0.5, 0.6) is 0 Å². The molecule has 0 saturated carbocycles. The molecule has 0 aromatic heterocycles. The van der Waals surface area contributed by atoms with E-state index in [2.05, 4.69) is 80.6 Å². The molecule has 148 valence electrons. The van der Waals surface area contributed by atoms with Gasteiger partial charge in [-0.1, -0.05) is 89.9 Å². The monoisotopic (exact) mass is 401 g/mol. The zero-order valence-corrected chi connectivity index (χ0v) is 19.7. The van der Waals surface area contributed by atoms with Gasteiger partial charge in [0.2, 0.25) is 0 Å². The SMILES string of the molecule is CCC[C@H](N[S@](=O)C(C)(C)C)[Si](C)(c1cccc(C)c1)c1cccc(C)c1. The van der Waals surface area contributed by atoms with Crippen molar-refractivity contribution in [2.24, 2.45) is 0 Å². The minimum atomic E-state index is -2.16. The number of aryl methyl sites for hydroxylation is 2. The summed E-state index contributed by atoms with van der Waals surface area (Å²) in [5.74, 6) is 0. The van der Waals surface area contributed by atoms with E-state index in [4.69, 9.17) is 0 Å². The average Bonchev–Trinajstić information content (AvgIpc) is 2.59. The van der Waals surface area contributed by atoms with Gasteiger partial charge >= 0.3 is 0 Å². The maximum atomic E-state index is 13.0. The Balaban J connectivity index is 2.63. The number of benzene rings is 2. The number of nitrogens with one attached hydrogen (secondary N) is 1. The molecule has 4 heteroatoms. The minimum absolute atomic E-state index is 0.214. The van der Waals surface area contributed by atoms with Crippen LogP contribution < -0.4 is 15.1 Å². The van der Waals surface area contributed by atoms with Crippen molar-refractivity contribution in [1.29, 1.82) is 0 Å². The van der Waals surface area contributed by atoms with Gasteiger partial charge in [0.1, 0.15) is 8.07 Å².